The summed E-state index contributed by atoms with van der Waals surface area (Å²) in [6.07, 6.45) is 9.42. The van der Waals surface area contributed by atoms with Gasteiger partial charge in [-0.2, -0.15) is 0 Å². The molecule has 10 nitrogen and oxygen atoms in total. The maximum Gasteiger partial charge on any atom is 0.205 e. The summed E-state index contributed by atoms with van der Waals surface area (Å²) in [6, 6.07) is 30.0. The summed E-state index contributed by atoms with van der Waals surface area (Å²) in [5, 5.41) is 1.18. The molecule has 0 atom stereocenters. The fraction of sp³-hybridized carbons (Fsp3) is 0.130. The Hall–Kier alpha value is -7.20. The molecule has 0 saturated carbocycles. The van der Waals surface area contributed by atoms with Crippen molar-refractivity contribution in [3.05, 3.63) is 155 Å². The lowest BCUT2D eigenvalue weighted by molar-refractivity contribution is 0.103. The molecular formula is C46H38O10. The van der Waals surface area contributed by atoms with Gasteiger partial charge in [-0.25, -0.2) is 0 Å². The quantitative estimate of drug-likeness (QED) is 0.0698. The topological polar surface area (TPSA) is 116 Å². The van der Waals surface area contributed by atoms with Gasteiger partial charge in [0.2, 0.25) is 5.75 Å². The predicted octanol–water partition coefficient (Wildman–Crippen LogP) is 10.2. The van der Waals surface area contributed by atoms with Crippen LogP contribution in [0, 0.1) is 0 Å². The average Bonchev–Trinajstić information content (AvgIpc) is 3.94. The van der Waals surface area contributed by atoms with Crippen LogP contribution in [0.25, 0.3) is 34.1 Å². The highest BCUT2D eigenvalue weighted by Crippen LogP contribution is 2.48. The molecule has 0 spiro atoms. The van der Waals surface area contributed by atoms with Crippen molar-refractivity contribution in [3.8, 4) is 34.5 Å². The van der Waals surface area contributed by atoms with Gasteiger partial charge >= 0.3 is 0 Å². The van der Waals surface area contributed by atoms with Crippen LogP contribution in [-0.2, 0) is 13.2 Å². The van der Waals surface area contributed by atoms with E-state index in [4.69, 9.17) is 37.3 Å². The number of allylic oxidation sites excluding steroid dienone is 2. The molecule has 2 aromatic heterocycles. The lowest BCUT2D eigenvalue weighted by Gasteiger charge is -2.18. The molecule has 0 aliphatic heterocycles. The van der Waals surface area contributed by atoms with Gasteiger partial charge < -0.3 is 37.3 Å². The van der Waals surface area contributed by atoms with Gasteiger partial charge in [0.05, 0.1) is 51.7 Å². The minimum Gasteiger partial charge on any atom is -0.495 e. The second kappa shape index (κ2) is 16.9. The summed E-state index contributed by atoms with van der Waals surface area (Å²) >= 11 is 0. The zero-order valence-electron chi connectivity index (χ0n) is 31.2. The minimum atomic E-state index is -0.349. The summed E-state index contributed by atoms with van der Waals surface area (Å²) in [6.45, 7) is 0.184. The number of fused-ring (bicyclic) bond motifs is 2. The minimum absolute atomic E-state index is 0.0874. The molecule has 2 heterocycles. The molecule has 56 heavy (non-hydrogen) atoms. The Bertz CT molecular complexity index is 2360. The molecule has 0 aliphatic rings. The summed E-state index contributed by atoms with van der Waals surface area (Å²) < 4.78 is 47.2. The van der Waals surface area contributed by atoms with Gasteiger partial charge in [-0.3, -0.25) is 9.59 Å². The van der Waals surface area contributed by atoms with Gasteiger partial charge in [-0.05, 0) is 46.5 Å². The molecule has 7 rings (SSSR count). The van der Waals surface area contributed by atoms with Crippen molar-refractivity contribution in [2.75, 3.05) is 28.4 Å². The molecule has 0 aliphatic carbocycles. The van der Waals surface area contributed by atoms with E-state index in [2.05, 4.69) is 0 Å². The van der Waals surface area contributed by atoms with Crippen molar-refractivity contribution in [1.29, 1.82) is 0 Å². The third kappa shape index (κ3) is 7.45. The summed E-state index contributed by atoms with van der Waals surface area (Å²) in [7, 11) is 5.98. The highest BCUT2D eigenvalue weighted by Gasteiger charge is 2.30. The molecule has 0 N–H and O–H groups in total. The molecule has 0 radical (unpaired) electrons. The average molecular weight is 751 g/mol. The van der Waals surface area contributed by atoms with Crippen LogP contribution in [0.4, 0.5) is 0 Å². The van der Waals surface area contributed by atoms with Crippen LogP contribution >= 0.6 is 0 Å². The van der Waals surface area contributed by atoms with Gasteiger partial charge in [0.1, 0.15) is 30.1 Å². The van der Waals surface area contributed by atoms with E-state index < -0.39 is 0 Å². The largest absolute Gasteiger partial charge is 0.495 e. The van der Waals surface area contributed by atoms with E-state index >= 15 is 0 Å². The highest BCUT2D eigenvalue weighted by molar-refractivity contribution is 6.16. The number of carbonyl (C=O) groups excluding carboxylic acids is 2. The third-order valence-corrected chi connectivity index (χ3v) is 9.10. The Labute approximate surface area is 323 Å². The number of ketones is 2. The zero-order valence-corrected chi connectivity index (χ0v) is 31.2. The Balaban J connectivity index is 1.15. The van der Waals surface area contributed by atoms with Crippen molar-refractivity contribution in [2.24, 2.45) is 0 Å². The van der Waals surface area contributed by atoms with Crippen molar-refractivity contribution in [2.45, 2.75) is 13.2 Å². The number of rotatable bonds is 16. The third-order valence-electron chi connectivity index (χ3n) is 9.10. The zero-order chi connectivity index (χ0) is 39.0. The SMILES string of the molecule is COc1c(C(=O)/C=C/c2ccccc2)c(OCc2ccc(COc3c(C(=O)/C=C/c4ccccc4)c(OC)c4occc4c3OC)cc2)c(OC)c2occc12. The predicted molar refractivity (Wildman–Crippen MR) is 213 cm³/mol. The first-order chi connectivity index (χ1) is 27.4. The monoisotopic (exact) mass is 750 g/mol. The lowest BCUT2D eigenvalue weighted by Crippen LogP contribution is -2.08. The van der Waals surface area contributed by atoms with Crippen LogP contribution in [0.15, 0.2) is 131 Å². The number of carbonyl (C=O) groups is 2. The van der Waals surface area contributed by atoms with E-state index in [1.807, 2.05) is 84.9 Å². The van der Waals surface area contributed by atoms with Gasteiger partial charge in [0, 0.05) is 0 Å². The second-order valence-electron chi connectivity index (χ2n) is 12.5. The first-order valence-corrected chi connectivity index (χ1v) is 17.6. The van der Waals surface area contributed by atoms with E-state index in [9.17, 15) is 9.59 Å². The van der Waals surface area contributed by atoms with Crippen LogP contribution < -0.4 is 28.4 Å². The van der Waals surface area contributed by atoms with Crippen LogP contribution in [-0.4, -0.2) is 40.0 Å². The van der Waals surface area contributed by atoms with Crippen LogP contribution in [0.1, 0.15) is 43.0 Å². The van der Waals surface area contributed by atoms with E-state index in [1.54, 1.807) is 24.3 Å². The van der Waals surface area contributed by atoms with Gasteiger partial charge in [0.25, 0.3) is 0 Å². The fourth-order valence-corrected chi connectivity index (χ4v) is 6.43. The summed E-state index contributed by atoms with van der Waals surface area (Å²) in [5.74, 6) is 0.908. The summed E-state index contributed by atoms with van der Waals surface area (Å²) in [4.78, 5) is 27.6. The molecular weight excluding hydrogens is 712 g/mol. The molecule has 10 heteroatoms. The van der Waals surface area contributed by atoms with Crippen molar-refractivity contribution in [3.63, 3.8) is 0 Å². The number of benzene rings is 5. The van der Waals surface area contributed by atoms with E-state index in [1.165, 1.54) is 53.1 Å². The van der Waals surface area contributed by atoms with E-state index in [0.29, 0.717) is 33.4 Å². The number of hydrogen-bond donors (Lipinski definition) is 0. The standard InChI is InChI=1S/C46H38O10/c1-49-39-33-23-25-54-42(33)46(52-4)45(37(39)35(47)21-19-29-11-7-5-8-12-29)56-28-32-17-15-31(16-18-32)27-55-44-38(36(48)22-20-30-13-9-6-10-14-30)43(51-3)41-34(24-26-53-41)40(44)50-2/h5-26H,27-28H2,1-4H3/b21-19+,22-20+. The molecule has 0 amide bonds. The number of methoxy groups -OCH3 is 4. The normalized spacial score (nSPS) is 11.4. The Kier molecular flexibility index (Phi) is 11.2. The van der Waals surface area contributed by atoms with Gasteiger partial charge in [0.15, 0.2) is 45.7 Å². The van der Waals surface area contributed by atoms with Crippen LogP contribution in [0.5, 0.6) is 34.5 Å². The highest BCUT2D eigenvalue weighted by atomic mass is 16.5. The van der Waals surface area contributed by atoms with Crippen LogP contribution in [0.2, 0.25) is 0 Å². The van der Waals surface area contributed by atoms with Crippen LogP contribution in [0.3, 0.4) is 0 Å². The number of ether oxygens (including phenoxy) is 6. The van der Waals surface area contributed by atoms with E-state index in [0.717, 1.165) is 22.3 Å². The summed E-state index contributed by atoms with van der Waals surface area (Å²) in [5.41, 5.74) is 4.47. The second-order valence-corrected chi connectivity index (χ2v) is 12.5. The Morgan fingerprint density at radius 1 is 0.482 bits per heavy atom. The first-order valence-electron chi connectivity index (χ1n) is 17.6. The van der Waals surface area contributed by atoms with Crippen molar-refractivity contribution in [1.82, 2.24) is 0 Å². The fourth-order valence-electron chi connectivity index (χ4n) is 6.43. The van der Waals surface area contributed by atoms with E-state index in [-0.39, 0.29) is 58.9 Å². The van der Waals surface area contributed by atoms with Gasteiger partial charge in [-0.15, -0.1) is 0 Å². The molecule has 0 bridgehead atoms. The molecule has 0 unspecified atom stereocenters. The first kappa shape index (κ1) is 37.1. The molecule has 5 aromatic carbocycles. The maximum atomic E-state index is 13.8. The van der Waals surface area contributed by atoms with Crippen molar-refractivity contribution >= 4 is 45.7 Å². The molecule has 0 saturated heterocycles. The molecule has 0 fully saturated rings. The Morgan fingerprint density at radius 3 is 1.36 bits per heavy atom. The lowest BCUT2D eigenvalue weighted by atomic mass is 10.0. The maximum absolute atomic E-state index is 13.8. The van der Waals surface area contributed by atoms with Gasteiger partial charge in [-0.1, -0.05) is 97.1 Å². The van der Waals surface area contributed by atoms with Crippen molar-refractivity contribution < 1.29 is 46.8 Å². The molecule has 282 valence electrons. The number of furan rings is 2. The molecule has 7 aromatic rings. The Morgan fingerprint density at radius 2 is 0.893 bits per heavy atom. The number of hydrogen-bond acceptors (Lipinski definition) is 10. The smallest absolute Gasteiger partial charge is 0.205 e.